The van der Waals surface area contributed by atoms with Gasteiger partial charge in [-0.3, -0.25) is 9.59 Å². The van der Waals surface area contributed by atoms with Gasteiger partial charge in [0, 0.05) is 17.3 Å². The second-order valence-electron chi connectivity index (χ2n) is 9.16. The molecule has 0 saturated carbocycles. The smallest absolute Gasteiger partial charge is 0.290 e. The first-order valence-corrected chi connectivity index (χ1v) is 12.5. The zero-order valence-electron chi connectivity index (χ0n) is 20.6. The van der Waals surface area contributed by atoms with E-state index in [2.05, 4.69) is 11.4 Å². The molecule has 0 radical (unpaired) electrons. The molecule has 7 heteroatoms. The van der Waals surface area contributed by atoms with Crippen molar-refractivity contribution in [1.82, 2.24) is 4.90 Å². The lowest BCUT2D eigenvalue weighted by atomic mass is 9.87. The van der Waals surface area contributed by atoms with Gasteiger partial charge < -0.3 is 19.4 Å². The van der Waals surface area contributed by atoms with E-state index in [0.717, 1.165) is 22.3 Å². The molecule has 2 heterocycles. The molecule has 2 amide bonds. The van der Waals surface area contributed by atoms with Gasteiger partial charge in [-0.2, -0.15) is 0 Å². The molecule has 0 bridgehead atoms. The number of furan rings is 1. The highest BCUT2D eigenvalue weighted by atomic mass is 35.5. The van der Waals surface area contributed by atoms with E-state index in [-0.39, 0.29) is 17.9 Å². The van der Waals surface area contributed by atoms with E-state index < -0.39 is 6.10 Å². The number of nitrogens with one attached hydrogen (secondary N) is 1. The third-order valence-electron chi connectivity index (χ3n) is 6.47. The number of carbonyl (C=O) groups is 2. The Morgan fingerprint density at radius 3 is 2.65 bits per heavy atom. The molecular formula is C30H27ClN2O4. The highest BCUT2D eigenvalue weighted by molar-refractivity contribution is 6.30. The fourth-order valence-electron chi connectivity index (χ4n) is 4.69. The van der Waals surface area contributed by atoms with Crippen molar-refractivity contribution in [3.05, 3.63) is 118 Å². The summed E-state index contributed by atoms with van der Waals surface area (Å²) in [4.78, 5) is 28.0. The van der Waals surface area contributed by atoms with Gasteiger partial charge in [-0.25, -0.2) is 0 Å². The van der Waals surface area contributed by atoms with Gasteiger partial charge >= 0.3 is 0 Å². The SMILES string of the molecule is Cc1cccc([C@@H]2c3cc(O[C@H](C)C(=O)Nc4cccc(Cl)c4)ccc3CCN2C(=O)c2ccco2)c1. The first kappa shape index (κ1) is 24.7. The molecule has 3 aromatic carbocycles. The Hall–Kier alpha value is -4.03. The maximum atomic E-state index is 13.4. The molecule has 1 aromatic heterocycles. The van der Waals surface area contributed by atoms with Crippen LogP contribution < -0.4 is 10.1 Å². The fraction of sp³-hybridized carbons (Fsp3) is 0.200. The maximum Gasteiger partial charge on any atom is 0.290 e. The van der Waals surface area contributed by atoms with Crippen molar-refractivity contribution >= 4 is 29.1 Å². The first-order valence-electron chi connectivity index (χ1n) is 12.2. The summed E-state index contributed by atoms with van der Waals surface area (Å²) in [5.41, 5.74) is 4.82. The Bertz CT molecular complexity index is 1430. The molecule has 6 nitrogen and oxygen atoms in total. The highest BCUT2D eigenvalue weighted by Crippen LogP contribution is 2.38. The topological polar surface area (TPSA) is 71.8 Å². The second-order valence-corrected chi connectivity index (χ2v) is 9.60. The van der Waals surface area contributed by atoms with E-state index in [9.17, 15) is 9.59 Å². The molecule has 1 aliphatic heterocycles. The molecule has 188 valence electrons. The Morgan fingerprint density at radius 2 is 1.89 bits per heavy atom. The van der Waals surface area contributed by atoms with Crippen molar-refractivity contribution < 1.29 is 18.7 Å². The second kappa shape index (κ2) is 10.5. The number of benzene rings is 3. The van der Waals surface area contributed by atoms with Gasteiger partial charge in [0.05, 0.1) is 12.3 Å². The summed E-state index contributed by atoms with van der Waals surface area (Å²) < 4.78 is 11.5. The monoisotopic (exact) mass is 514 g/mol. The van der Waals surface area contributed by atoms with Crippen molar-refractivity contribution in [2.45, 2.75) is 32.4 Å². The normalized spacial score (nSPS) is 15.5. The molecule has 2 atom stereocenters. The maximum absolute atomic E-state index is 13.4. The van der Waals surface area contributed by atoms with Crippen molar-refractivity contribution in [3.63, 3.8) is 0 Å². The molecule has 0 aliphatic carbocycles. The Kier molecular flexibility index (Phi) is 7.01. The average Bonchev–Trinajstić information content (AvgIpc) is 3.42. The van der Waals surface area contributed by atoms with Crippen molar-refractivity contribution in [2.24, 2.45) is 0 Å². The lowest BCUT2D eigenvalue weighted by molar-refractivity contribution is -0.122. The van der Waals surface area contributed by atoms with Gasteiger partial charge in [-0.15, -0.1) is 0 Å². The van der Waals surface area contributed by atoms with Crippen molar-refractivity contribution in [1.29, 1.82) is 0 Å². The summed E-state index contributed by atoms with van der Waals surface area (Å²) in [6.45, 7) is 4.29. The third-order valence-corrected chi connectivity index (χ3v) is 6.71. The predicted molar refractivity (Wildman–Crippen MR) is 143 cm³/mol. The predicted octanol–water partition coefficient (Wildman–Crippen LogP) is 6.44. The number of amides is 2. The average molecular weight is 515 g/mol. The van der Waals surface area contributed by atoms with Crippen LogP contribution in [0.1, 0.15) is 45.8 Å². The van der Waals surface area contributed by atoms with Crippen molar-refractivity contribution in [2.75, 3.05) is 11.9 Å². The van der Waals surface area contributed by atoms with E-state index in [1.165, 1.54) is 6.26 Å². The van der Waals surface area contributed by atoms with Crippen LogP contribution in [0.15, 0.2) is 89.5 Å². The van der Waals surface area contributed by atoms with Gasteiger partial charge in [0.15, 0.2) is 11.9 Å². The Morgan fingerprint density at radius 1 is 1.05 bits per heavy atom. The molecule has 0 fully saturated rings. The molecule has 5 rings (SSSR count). The number of anilines is 1. The van der Waals surface area contributed by atoms with E-state index in [0.29, 0.717) is 35.2 Å². The number of hydrogen-bond donors (Lipinski definition) is 1. The minimum atomic E-state index is -0.751. The standard InChI is InChI=1S/C30H27ClN2O4/c1-19-6-3-7-22(16-19)28-26-18-25(37-20(2)29(34)32-24-9-4-8-23(31)17-24)12-11-21(26)13-14-33(28)30(35)27-10-5-15-36-27/h3-12,15-18,20,28H,13-14H2,1-2H3,(H,32,34)/t20-,28-/m1/s1. The van der Waals surface area contributed by atoms with Crippen LogP contribution in [0, 0.1) is 6.92 Å². The van der Waals surface area contributed by atoms with Crippen LogP contribution in [0.25, 0.3) is 0 Å². The van der Waals surface area contributed by atoms with Gasteiger partial charge in [-0.05, 0) is 79.4 Å². The van der Waals surface area contributed by atoms with Crippen LogP contribution >= 0.6 is 11.6 Å². The number of carbonyl (C=O) groups excluding carboxylic acids is 2. The zero-order chi connectivity index (χ0) is 25.9. The summed E-state index contributed by atoms with van der Waals surface area (Å²) in [5, 5.41) is 3.37. The molecule has 1 N–H and O–H groups in total. The van der Waals surface area contributed by atoms with E-state index in [4.69, 9.17) is 20.8 Å². The fourth-order valence-corrected chi connectivity index (χ4v) is 4.88. The van der Waals surface area contributed by atoms with Crippen LogP contribution in [0.5, 0.6) is 5.75 Å². The Balaban J connectivity index is 1.44. The molecule has 1 aliphatic rings. The molecule has 4 aromatic rings. The van der Waals surface area contributed by atoms with Gasteiger partial charge in [0.25, 0.3) is 11.8 Å². The van der Waals surface area contributed by atoms with Crippen LogP contribution in [0.2, 0.25) is 5.02 Å². The first-order chi connectivity index (χ1) is 17.9. The summed E-state index contributed by atoms with van der Waals surface area (Å²) in [7, 11) is 0. The van der Waals surface area contributed by atoms with Gasteiger partial charge in [0.2, 0.25) is 0 Å². The van der Waals surface area contributed by atoms with E-state index in [1.807, 2.05) is 48.2 Å². The zero-order valence-corrected chi connectivity index (χ0v) is 21.4. The molecule has 0 spiro atoms. The minimum Gasteiger partial charge on any atom is -0.481 e. The highest BCUT2D eigenvalue weighted by Gasteiger charge is 2.34. The lowest BCUT2D eigenvalue weighted by Gasteiger charge is -2.37. The summed E-state index contributed by atoms with van der Waals surface area (Å²) in [6, 6.07) is 24.0. The third kappa shape index (κ3) is 5.39. The number of hydrogen-bond acceptors (Lipinski definition) is 4. The minimum absolute atomic E-state index is 0.164. The van der Waals surface area contributed by atoms with Crippen LogP contribution in [-0.2, 0) is 11.2 Å². The quantitative estimate of drug-likeness (QED) is 0.321. The largest absolute Gasteiger partial charge is 0.481 e. The number of fused-ring (bicyclic) bond motifs is 1. The van der Waals surface area contributed by atoms with Crippen LogP contribution in [0.3, 0.4) is 0 Å². The number of rotatable bonds is 6. The number of aryl methyl sites for hydroxylation is 1. The molecule has 37 heavy (non-hydrogen) atoms. The molecule has 0 unspecified atom stereocenters. The Labute approximate surface area is 220 Å². The van der Waals surface area contributed by atoms with Crippen molar-refractivity contribution in [3.8, 4) is 5.75 Å². The number of nitrogens with zero attached hydrogens (tertiary/aromatic N) is 1. The molecule has 0 saturated heterocycles. The number of halogens is 1. The number of ether oxygens (including phenoxy) is 1. The van der Waals surface area contributed by atoms with Crippen LogP contribution in [-0.4, -0.2) is 29.4 Å². The summed E-state index contributed by atoms with van der Waals surface area (Å²) >= 11 is 6.03. The lowest BCUT2D eigenvalue weighted by Crippen LogP contribution is -2.40. The summed E-state index contributed by atoms with van der Waals surface area (Å²) in [5.74, 6) is 0.407. The van der Waals surface area contributed by atoms with Crippen LogP contribution in [0.4, 0.5) is 5.69 Å². The van der Waals surface area contributed by atoms with Gasteiger partial charge in [0.1, 0.15) is 5.75 Å². The van der Waals surface area contributed by atoms with E-state index in [1.54, 1.807) is 43.3 Å². The van der Waals surface area contributed by atoms with Gasteiger partial charge in [-0.1, -0.05) is 53.6 Å². The van der Waals surface area contributed by atoms with E-state index >= 15 is 0 Å². The molecular weight excluding hydrogens is 488 g/mol. The summed E-state index contributed by atoms with van der Waals surface area (Å²) in [6.07, 6.45) is 1.46.